The van der Waals surface area contributed by atoms with E-state index in [0.717, 1.165) is 0 Å². The van der Waals surface area contributed by atoms with Crippen LogP contribution in [0, 0.1) is 0 Å². The summed E-state index contributed by atoms with van der Waals surface area (Å²) in [5.74, 6) is 0. The Balaban J connectivity index is 0.00000225. The second-order valence-corrected chi connectivity index (χ2v) is 15.3. The van der Waals surface area contributed by atoms with Crippen molar-refractivity contribution >= 4 is 8.07 Å². The van der Waals surface area contributed by atoms with Crippen LogP contribution >= 0.6 is 0 Å². The van der Waals surface area contributed by atoms with Crippen LogP contribution in [0.3, 0.4) is 0 Å². The molecule has 2 aromatic carbocycles. The Morgan fingerprint density at radius 1 is 0.778 bits per heavy atom. The van der Waals surface area contributed by atoms with Crippen LogP contribution in [0.4, 0.5) is 0 Å². The van der Waals surface area contributed by atoms with Crippen molar-refractivity contribution in [1.29, 1.82) is 0 Å². The van der Waals surface area contributed by atoms with Crippen molar-refractivity contribution in [2.24, 2.45) is 0 Å². The molecule has 0 N–H and O–H groups in total. The van der Waals surface area contributed by atoms with Gasteiger partial charge in [0.2, 0.25) is 0 Å². The quantitative estimate of drug-likeness (QED) is 0.420. The average Bonchev–Trinajstić information content (AvgIpc) is 3.00. The van der Waals surface area contributed by atoms with Crippen LogP contribution in [0.2, 0.25) is 23.0 Å². The van der Waals surface area contributed by atoms with Crippen molar-refractivity contribution < 1.29 is 57.7 Å². The monoisotopic (exact) mass is 470 g/mol. The molecule has 0 aliphatic heterocycles. The van der Waals surface area contributed by atoms with E-state index in [1.54, 1.807) is 0 Å². The van der Waals surface area contributed by atoms with Gasteiger partial charge < -0.3 is 37.2 Å². The normalized spacial score (nSPS) is 18.7. The van der Waals surface area contributed by atoms with Crippen molar-refractivity contribution in [2.75, 3.05) is 0 Å². The summed E-state index contributed by atoms with van der Waals surface area (Å²) >= 11 is 2.40. The molecule has 0 amide bonds. The molecule has 27 heavy (non-hydrogen) atoms. The molecule has 0 heterocycles. The fraction of sp³-hybridized carbons (Fsp3) is 0.273. The molecular formula is C22H25Cl3SiTi. The molecular weight excluding hydrogens is 447 g/mol. The van der Waals surface area contributed by atoms with Gasteiger partial charge in [0.15, 0.2) is 0 Å². The molecule has 0 fully saturated rings. The molecule has 1 unspecified atom stereocenters. The van der Waals surface area contributed by atoms with Gasteiger partial charge in [-0.1, -0.05) is 0 Å². The maximum atomic E-state index is 2.54. The van der Waals surface area contributed by atoms with Crippen LogP contribution < -0.4 is 37.2 Å². The molecule has 2 aromatic rings. The molecule has 0 radical (unpaired) electrons. The van der Waals surface area contributed by atoms with E-state index in [4.69, 9.17) is 0 Å². The van der Waals surface area contributed by atoms with Crippen molar-refractivity contribution in [2.45, 2.75) is 35.3 Å². The first kappa shape index (κ1) is 26.7. The molecule has 0 saturated heterocycles. The summed E-state index contributed by atoms with van der Waals surface area (Å²) in [5, 5.41) is 0. The summed E-state index contributed by atoms with van der Waals surface area (Å²) < 4.78 is 0.215. The standard InChI is InChI=1S/C22H25Si.3ClH.Ti/c1-22(18-11-7-5-8-12-18,19-13-9-6-10-14-19)20-15-16-21(17-20)23(2,3)4;;;;/h5-17H,1-4H3;3*1H;/q;;;;+3/p-3. The molecule has 1 aliphatic carbocycles. The largest absolute Gasteiger partial charge is 1.00 e. The summed E-state index contributed by atoms with van der Waals surface area (Å²) in [6, 6.07) is 21.8. The Morgan fingerprint density at radius 2 is 1.19 bits per heavy atom. The smallest absolute Gasteiger partial charge is 1.00 e. The first-order valence-electron chi connectivity index (χ1n) is 8.56. The molecule has 0 nitrogen and oxygen atoms in total. The van der Waals surface area contributed by atoms with Gasteiger partial charge in [-0.3, -0.25) is 0 Å². The van der Waals surface area contributed by atoms with Crippen molar-refractivity contribution in [3.05, 3.63) is 95.6 Å². The summed E-state index contributed by atoms with van der Waals surface area (Å²) in [4.78, 5) is 0. The van der Waals surface area contributed by atoms with Gasteiger partial charge in [-0.25, -0.2) is 0 Å². The molecule has 0 bridgehead atoms. The summed E-state index contributed by atoms with van der Waals surface area (Å²) in [6.45, 7) is 9.74. The minimum absolute atomic E-state index is 0. The van der Waals surface area contributed by atoms with Gasteiger partial charge in [-0.15, -0.1) is 0 Å². The molecule has 0 saturated carbocycles. The SMILES string of the molecule is CC(C1=C[C]([Ti+3])([Si](C)(C)C)C=C1)(c1ccccc1)c1ccccc1.[Cl-].[Cl-].[Cl-]. The van der Waals surface area contributed by atoms with Crippen molar-refractivity contribution in [3.63, 3.8) is 0 Å². The third kappa shape index (κ3) is 5.02. The minimum Gasteiger partial charge on any atom is -1.00 e. The van der Waals surface area contributed by atoms with Crippen LogP contribution in [0.5, 0.6) is 0 Å². The van der Waals surface area contributed by atoms with E-state index in [9.17, 15) is 0 Å². The minimum atomic E-state index is -1.33. The van der Waals surface area contributed by atoms with E-state index in [1.807, 2.05) is 0 Å². The van der Waals surface area contributed by atoms with E-state index in [2.05, 4.69) is 126 Å². The summed E-state index contributed by atoms with van der Waals surface area (Å²) in [7, 11) is -1.33. The third-order valence-electron chi connectivity index (χ3n) is 5.43. The second kappa shape index (κ2) is 9.96. The third-order valence-corrected chi connectivity index (χ3v) is 12.2. The Morgan fingerprint density at radius 3 is 1.52 bits per heavy atom. The van der Waals surface area contributed by atoms with Gasteiger partial charge in [-0.05, 0) is 0 Å². The number of rotatable bonds is 4. The van der Waals surface area contributed by atoms with Crippen LogP contribution in [0.15, 0.2) is 84.5 Å². The number of hydrogen-bond acceptors (Lipinski definition) is 0. The first-order chi connectivity index (χ1) is 11.3. The van der Waals surface area contributed by atoms with E-state index in [0.29, 0.717) is 0 Å². The number of benzene rings is 2. The zero-order valence-electron chi connectivity index (χ0n) is 16.1. The second-order valence-electron chi connectivity index (χ2n) is 7.91. The number of allylic oxidation sites excluding steroid dienone is 4. The van der Waals surface area contributed by atoms with Gasteiger partial charge in [0.05, 0.1) is 0 Å². The van der Waals surface area contributed by atoms with Gasteiger partial charge >= 0.3 is 159 Å². The van der Waals surface area contributed by atoms with E-state index in [1.165, 1.54) is 16.7 Å². The van der Waals surface area contributed by atoms with Crippen molar-refractivity contribution in [3.8, 4) is 0 Å². The summed E-state index contributed by atoms with van der Waals surface area (Å²) in [5.41, 5.74) is 4.01. The molecule has 1 aliphatic rings. The Bertz CT molecular complexity index is 743. The average molecular weight is 472 g/mol. The van der Waals surface area contributed by atoms with Gasteiger partial charge in [0, 0.05) is 0 Å². The van der Waals surface area contributed by atoms with Crippen LogP contribution in [-0.4, -0.2) is 8.07 Å². The first-order valence-corrected chi connectivity index (χ1v) is 12.8. The molecule has 0 aromatic heterocycles. The predicted octanol–water partition coefficient (Wildman–Crippen LogP) is -2.92. The number of halogens is 3. The van der Waals surface area contributed by atoms with Gasteiger partial charge in [0.1, 0.15) is 0 Å². The fourth-order valence-corrected chi connectivity index (χ4v) is 4.93. The zero-order chi connectivity index (χ0) is 17.4. The molecule has 1 atom stereocenters. The van der Waals surface area contributed by atoms with E-state index in [-0.39, 0.29) is 46.0 Å². The van der Waals surface area contributed by atoms with Crippen LogP contribution in [-0.2, 0) is 25.9 Å². The molecule has 142 valence electrons. The number of hydrogen-bond donors (Lipinski definition) is 0. The van der Waals surface area contributed by atoms with Crippen LogP contribution in [0.25, 0.3) is 0 Å². The fourth-order valence-electron chi connectivity index (χ4n) is 3.38. The Hall–Kier alpha value is -0.279. The maximum absolute atomic E-state index is 2.54. The van der Waals surface area contributed by atoms with Crippen LogP contribution in [0.1, 0.15) is 18.1 Å². The zero-order valence-corrected chi connectivity index (χ0v) is 21.0. The maximum Gasteiger partial charge on any atom is -1.00 e. The topological polar surface area (TPSA) is 0 Å². The van der Waals surface area contributed by atoms with E-state index < -0.39 is 8.07 Å². The molecule has 0 spiro atoms. The van der Waals surface area contributed by atoms with E-state index >= 15 is 0 Å². The molecule has 5 heteroatoms. The van der Waals surface area contributed by atoms with Gasteiger partial charge in [0.25, 0.3) is 0 Å². The van der Waals surface area contributed by atoms with Crippen molar-refractivity contribution in [1.82, 2.24) is 0 Å². The van der Waals surface area contributed by atoms with Gasteiger partial charge in [-0.2, -0.15) is 0 Å². The summed E-state index contributed by atoms with van der Waals surface area (Å²) in [6.07, 6.45) is 7.36. The predicted molar refractivity (Wildman–Crippen MR) is 103 cm³/mol. The molecule has 3 rings (SSSR count). The Labute approximate surface area is 195 Å². The Kier molecular flexibility index (Phi) is 9.86.